The number of hydrogen-bond acceptors (Lipinski definition) is 4. The first kappa shape index (κ1) is 23.1. The van der Waals surface area contributed by atoms with Crippen molar-refractivity contribution in [2.75, 3.05) is 33.4 Å². The van der Waals surface area contributed by atoms with Crippen molar-refractivity contribution in [1.29, 1.82) is 0 Å². The highest BCUT2D eigenvalue weighted by Crippen LogP contribution is 2.17. The molecule has 0 saturated carbocycles. The van der Waals surface area contributed by atoms with Gasteiger partial charge in [-0.1, -0.05) is 48.5 Å². The number of rotatable bonds is 12. The molecule has 0 saturated heterocycles. The Kier molecular flexibility index (Phi) is 10.5. The van der Waals surface area contributed by atoms with Gasteiger partial charge in [-0.15, -0.1) is 0 Å². The van der Waals surface area contributed by atoms with E-state index in [1.807, 2.05) is 44.2 Å². The molecule has 0 amide bonds. The molecule has 0 spiro atoms. The van der Waals surface area contributed by atoms with E-state index in [0.29, 0.717) is 31.4 Å². The molecule has 0 aliphatic heterocycles. The summed E-state index contributed by atoms with van der Waals surface area (Å²) in [5, 5.41) is 4.04. The molecule has 29 heavy (non-hydrogen) atoms. The van der Waals surface area contributed by atoms with E-state index in [1.165, 1.54) is 5.56 Å². The Balaban J connectivity index is 2.03. The summed E-state index contributed by atoms with van der Waals surface area (Å²) >= 11 is 5.72. The van der Waals surface area contributed by atoms with E-state index in [9.17, 15) is 0 Å². The summed E-state index contributed by atoms with van der Waals surface area (Å²) in [6.45, 7) is 7.08. The van der Waals surface area contributed by atoms with Crippen molar-refractivity contribution in [2.24, 2.45) is 0 Å². The Morgan fingerprint density at radius 3 is 2.31 bits per heavy atom. The highest BCUT2D eigenvalue weighted by atomic mass is 32.1. The van der Waals surface area contributed by atoms with Crippen LogP contribution in [0.4, 0.5) is 0 Å². The van der Waals surface area contributed by atoms with Gasteiger partial charge in [-0.05, 0) is 44.1 Å². The van der Waals surface area contributed by atoms with Gasteiger partial charge < -0.3 is 24.4 Å². The molecule has 6 heteroatoms. The number of thiocarbonyl (C=S) groups is 1. The SMILES string of the molecule is CCOC(CN(CCc1ccccc1)C(=S)NCc1ccccc1OC)OCC. The Labute approximate surface area is 180 Å². The van der Waals surface area contributed by atoms with Crippen LogP contribution in [0.1, 0.15) is 25.0 Å². The van der Waals surface area contributed by atoms with Crippen molar-refractivity contribution in [3.63, 3.8) is 0 Å². The van der Waals surface area contributed by atoms with Gasteiger partial charge in [0.2, 0.25) is 0 Å². The lowest BCUT2D eigenvalue weighted by atomic mass is 10.1. The topological polar surface area (TPSA) is 43.0 Å². The van der Waals surface area contributed by atoms with Crippen LogP contribution in [0.25, 0.3) is 0 Å². The monoisotopic (exact) mass is 416 g/mol. The minimum absolute atomic E-state index is 0.313. The molecule has 2 aromatic carbocycles. The van der Waals surface area contributed by atoms with Crippen LogP contribution in [0, 0.1) is 0 Å². The predicted molar refractivity (Wildman–Crippen MR) is 121 cm³/mol. The van der Waals surface area contributed by atoms with Crippen LogP contribution in [0.15, 0.2) is 54.6 Å². The van der Waals surface area contributed by atoms with Gasteiger partial charge in [0.25, 0.3) is 0 Å². The van der Waals surface area contributed by atoms with Gasteiger partial charge in [0, 0.05) is 31.9 Å². The van der Waals surface area contributed by atoms with E-state index >= 15 is 0 Å². The van der Waals surface area contributed by atoms with Crippen molar-refractivity contribution in [1.82, 2.24) is 10.2 Å². The smallest absolute Gasteiger partial charge is 0.174 e. The summed E-state index contributed by atoms with van der Waals surface area (Å²) in [6, 6.07) is 18.3. The quantitative estimate of drug-likeness (QED) is 0.417. The van der Waals surface area contributed by atoms with Crippen LogP contribution in [0.5, 0.6) is 5.75 Å². The zero-order valence-electron chi connectivity index (χ0n) is 17.6. The third kappa shape index (κ3) is 8.01. The van der Waals surface area contributed by atoms with Crippen LogP contribution in [0.2, 0.25) is 0 Å². The van der Waals surface area contributed by atoms with Crippen molar-refractivity contribution in [3.8, 4) is 5.75 Å². The largest absolute Gasteiger partial charge is 0.496 e. The van der Waals surface area contributed by atoms with Gasteiger partial charge in [0.15, 0.2) is 11.4 Å². The molecule has 1 N–H and O–H groups in total. The molecule has 0 heterocycles. The molecule has 0 unspecified atom stereocenters. The van der Waals surface area contributed by atoms with Gasteiger partial charge in [0.05, 0.1) is 13.7 Å². The Hall–Kier alpha value is -2.15. The second-order valence-electron chi connectivity index (χ2n) is 6.49. The van der Waals surface area contributed by atoms with Gasteiger partial charge in [-0.3, -0.25) is 0 Å². The number of para-hydroxylation sites is 1. The molecule has 158 valence electrons. The molecule has 5 nitrogen and oxygen atoms in total. The third-order valence-electron chi connectivity index (χ3n) is 4.50. The molecule has 2 rings (SSSR count). The zero-order valence-corrected chi connectivity index (χ0v) is 18.4. The molecular formula is C23H32N2O3S. The number of hydrogen-bond donors (Lipinski definition) is 1. The molecular weight excluding hydrogens is 384 g/mol. The zero-order chi connectivity index (χ0) is 20.9. The van der Waals surface area contributed by atoms with E-state index in [0.717, 1.165) is 24.3 Å². The first-order valence-electron chi connectivity index (χ1n) is 10.1. The summed E-state index contributed by atoms with van der Waals surface area (Å²) in [7, 11) is 1.68. The molecule has 0 fully saturated rings. The number of nitrogens with zero attached hydrogens (tertiary/aromatic N) is 1. The van der Waals surface area contributed by atoms with Crippen LogP contribution in [-0.2, 0) is 22.4 Å². The molecule has 0 atom stereocenters. The van der Waals surface area contributed by atoms with Gasteiger partial charge in [-0.25, -0.2) is 0 Å². The molecule has 0 radical (unpaired) electrons. The number of ether oxygens (including phenoxy) is 3. The Morgan fingerprint density at radius 2 is 1.66 bits per heavy atom. The fraction of sp³-hybridized carbons (Fsp3) is 0.435. The molecule has 0 aromatic heterocycles. The minimum atomic E-state index is -0.313. The second kappa shape index (κ2) is 13.1. The standard InChI is InChI=1S/C23H32N2O3S/c1-4-27-22(28-5-2)18-25(16-15-19-11-7-6-8-12-19)23(29)24-17-20-13-9-10-14-21(20)26-3/h6-14,22H,4-5,15-18H2,1-3H3,(H,24,29). The Bertz CT molecular complexity index is 721. The van der Waals surface area contributed by atoms with Crippen molar-refractivity contribution in [2.45, 2.75) is 33.1 Å². The van der Waals surface area contributed by atoms with E-state index in [1.54, 1.807) is 7.11 Å². The average molecular weight is 417 g/mol. The normalized spacial score (nSPS) is 10.8. The highest BCUT2D eigenvalue weighted by Gasteiger charge is 2.17. The second-order valence-corrected chi connectivity index (χ2v) is 6.88. The van der Waals surface area contributed by atoms with Crippen LogP contribution >= 0.6 is 12.2 Å². The van der Waals surface area contributed by atoms with Crippen molar-refractivity contribution in [3.05, 3.63) is 65.7 Å². The van der Waals surface area contributed by atoms with E-state index in [-0.39, 0.29) is 6.29 Å². The lowest BCUT2D eigenvalue weighted by molar-refractivity contribution is -0.141. The van der Waals surface area contributed by atoms with Crippen LogP contribution < -0.4 is 10.1 Å². The van der Waals surface area contributed by atoms with Crippen molar-refractivity contribution >= 4 is 17.3 Å². The van der Waals surface area contributed by atoms with Crippen molar-refractivity contribution < 1.29 is 14.2 Å². The van der Waals surface area contributed by atoms with Crippen LogP contribution in [-0.4, -0.2) is 49.7 Å². The highest BCUT2D eigenvalue weighted by molar-refractivity contribution is 7.80. The first-order chi connectivity index (χ1) is 14.2. The summed E-state index contributed by atoms with van der Waals surface area (Å²) < 4.78 is 16.9. The molecule has 2 aromatic rings. The maximum Gasteiger partial charge on any atom is 0.174 e. The fourth-order valence-electron chi connectivity index (χ4n) is 3.02. The minimum Gasteiger partial charge on any atom is -0.496 e. The van der Waals surface area contributed by atoms with Gasteiger partial charge in [0.1, 0.15) is 5.75 Å². The first-order valence-corrected chi connectivity index (χ1v) is 10.5. The lowest BCUT2D eigenvalue weighted by Gasteiger charge is -2.30. The van der Waals surface area contributed by atoms with E-state index in [4.69, 9.17) is 26.4 Å². The molecule has 0 bridgehead atoms. The molecule has 0 aliphatic rings. The lowest BCUT2D eigenvalue weighted by Crippen LogP contribution is -2.45. The fourth-order valence-corrected chi connectivity index (χ4v) is 3.26. The Morgan fingerprint density at radius 1 is 1.00 bits per heavy atom. The summed E-state index contributed by atoms with van der Waals surface area (Å²) in [4.78, 5) is 2.12. The average Bonchev–Trinajstić information content (AvgIpc) is 2.76. The maximum atomic E-state index is 5.74. The summed E-state index contributed by atoms with van der Waals surface area (Å²) in [5.41, 5.74) is 2.33. The van der Waals surface area contributed by atoms with Gasteiger partial charge in [-0.2, -0.15) is 0 Å². The molecule has 0 aliphatic carbocycles. The number of nitrogens with one attached hydrogen (secondary N) is 1. The maximum absolute atomic E-state index is 5.74. The number of benzene rings is 2. The van der Waals surface area contributed by atoms with Gasteiger partial charge >= 0.3 is 0 Å². The van der Waals surface area contributed by atoms with E-state index in [2.05, 4.69) is 34.5 Å². The summed E-state index contributed by atoms with van der Waals surface area (Å²) in [5.74, 6) is 0.847. The predicted octanol–water partition coefficient (Wildman–Crippen LogP) is 4.01. The summed E-state index contributed by atoms with van der Waals surface area (Å²) in [6.07, 6.45) is 0.578. The number of methoxy groups -OCH3 is 1. The van der Waals surface area contributed by atoms with Crippen LogP contribution in [0.3, 0.4) is 0 Å². The third-order valence-corrected chi connectivity index (χ3v) is 4.90. The van der Waals surface area contributed by atoms with E-state index < -0.39 is 0 Å².